The Morgan fingerprint density at radius 3 is 2.69 bits per heavy atom. The summed E-state index contributed by atoms with van der Waals surface area (Å²) in [5, 5.41) is 9.96. The third kappa shape index (κ3) is 2.06. The van der Waals surface area contributed by atoms with Crippen molar-refractivity contribution in [1.82, 2.24) is 9.97 Å². The topological polar surface area (TPSA) is 46.0 Å². The van der Waals surface area contributed by atoms with Crippen LogP contribution < -0.4 is 0 Å². The van der Waals surface area contributed by atoms with Crippen LogP contribution in [0.1, 0.15) is 22.9 Å². The highest BCUT2D eigenvalue weighted by Gasteiger charge is 2.14. The van der Waals surface area contributed by atoms with E-state index < -0.39 is 11.9 Å². The highest BCUT2D eigenvalue weighted by atomic mass is 19.1. The Kier molecular flexibility index (Phi) is 2.92. The minimum absolute atomic E-state index is 0.209. The van der Waals surface area contributed by atoms with Crippen molar-refractivity contribution < 1.29 is 9.50 Å². The molecule has 2 rings (SSSR count). The molecule has 1 N–H and O–H groups in total. The monoisotopic (exact) mass is 218 g/mol. The maximum Gasteiger partial charge on any atom is 0.147 e. The Balaban J connectivity index is 2.35. The predicted octanol–water partition coefficient (Wildman–Crippen LogP) is 2.01. The first-order valence-electron chi connectivity index (χ1n) is 4.88. The van der Waals surface area contributed by atoms with Gasteiger partial charge < -0.3 is 5.11 Å². The molecule has 2 aromatic rings. The third-order valence-corrected chi connectivity index (χ3v) is 2.35. The molecule has 2 aromatic heterocycles. The smallest absolute Gasteiger partial charge is 0.147 e. The van der Waals surface area contributed by atoms with Crippen LogP contribution in [0, 0.1) is 12.7 Å². The SMILES string of the molecule is Cc1ccc(C(O)c2ccncc2F)cn1. The van der Waals surface area contributed by atoms with Gasteiger partial charge in [0.2, 0.25) is 0 Å². The second-order valence-corrected chi connectivity index (χ2v) is 3.53. The summed E-state index contributed by atoms with van der Waals surface area (Å²) in [7, 11) is 0. The number of rotatable bonds is 2. The summed E-state index contributed by atoms with van der Waals surface area (Å²) in [4.78, 5) is 7.69. The molecule has 0 saturated carbocycles. The number of aromatic nitrogens is 2. The van der Waals surface area contributed by atoms with Crippen LogP contribution in [0.3, 0.4) is 0 Å². The van der Waals surface area contributed by atoms with Gasteiger partial charge in [0.25, 0.3) is 0 Å². The van der Waals surface area contributed by atoms with Gasteiger partial charge in [0, 0.05) is 29.2 Å². The van der Waals surface area contributed by atoms with Gasteiger partial charge in [-0.2, -0.15) is 0 Å². The molecule has 1 atom stereocenters. The summed E-state index contributed by atoms with van der Waals surface area (Å²) >= 11 is 0. The van der Waals surface area contributed by atoms with E-state index in [2.05, 4.69) is 9.97 Å². The van der Waals surface area contributed by atoms with Crippen molar-refractivity contribution in [3.8, 4) is 0 Å². The quantitative estimate of drug-likeness (QED) is 0.838. The summed E-state index contributed by atoms with van der Waals surface area (Å²) in [6, 6.07) is 4.96. The van der Waals surface area contributed by atoms with Crippen molar-refractivity contribution in [2.24, 2.45) is 0 Å². The van der Waals surface area contributed by atoms with Crippen LogP contribution in [-0.4, -0.2) is 15.1 Å². The fourth-order valence-electron chi connectivity index (χ4n) is 1.43. The standard InChI is InChI=1S/C12H11FN2O/c1-8-2-3-9(6-15-8)12(16)10-4-5-14-7-11(10)13/h2-7,12,16H,1H3. The molecule has 0 aromatic carbocycles. The molecule has 0 amide bonds. The molecule has 4 heteroatoms. The minimum atomic E-state index is -1.00. The first-order valence-corrected chi connectivity index (χ1v) is 4.88. The number of aliphatic hydroxyl groups excluding tert-OH is 1. The van der Waals surface area contributed by atoms with Crippen LogP contribution in [0.5, 0.6) is 0 Å². The zero-order valence-electron chi connectivity index (χ0n) is 8.76. The van der Waals surface area contributed by atoms with E-state index in [0.29, 0.717) is 5.56 Å². The van der Waals surface area contributed by atoms with Crippen LogP contribution in [0.25, 0.3) is 0 Å². The number of halogens is 1. The fraction of sp³-hybridized carbons (Fsp3) is 0.167. The van der Waals surface area contributed by atoms with E-state index in [1.165, 1.54) is 12.3 Å². The van der Waals surface area contributed by atoms with Gasteiger partial charge >= 0.3 is 0 Å². The fourth-order valence-corrected chi connectivity index (χ4v) is 1.43. The molecule has 0 aliphatic carbocycles. The van der Waals surface area contributed by atoms with Crippen LogP contribution in [0.2, 0.25) is 0 Å². The predicted molar refractivity (Wildman–Crippen MR) is 57.2 cm³/mol. The molecule has 0 aliphatic heterocycles. The molecule has 2 heterocycles. The van der Waals surface area contributed by atoms with E-state index in [4.69, 9.17) is 0 Å². The summed E-state index contributed by atoms with van der Waals surface area (Å²) in [6.45, 7) is 1.85. The van der Waals surface area contributed by atoms with E-state index in [9.17, 15) is 9.50 Å². The van der Waals surface area contributed by atoms with Crippen molar-refractivity contribution in [3.05, 3.63) is 59.4 Å². The van der Waals surface area contributed by atoms with Gasteiger partial charge in [0.1, 0.15) is 11.9 Å². The van der Waals surface area contributed by atoms with E-state index in [1.807, 2.05) is 6.92 Å². The largest absolute Gasteiger partial charge is 0.383 e. The molecule has 1 unspecified atom stereocenters. The van der Waals surface area contributed by atoms with E-state index in [0.717, 1.165) is 11.9 Å². The average Bonchev–Trinajstić information content (AvgIpc) is 2.30. The second-order valence-electron chi connectivity index (χ2n) is 3.53. The lowest BCUT2D eigenvalue weighted by molar-refractivity contribution is 0.214. The lowest BCUT2D eigenvalue weighted by atomic mass is 10.0. The molecule has 0 saturated heterocycles. The Morgan fingerprint density at radius 1 is 1.25 bits per heavy atom. The van der Waals surface area contributed by atoms with Gasteiger partial charge in [-0.3, -0.25) is 9.97 Å². The molecule has 82 valence electrons. The minimum Gasteiger partial charge on any atom is -0.383 e. The first-order chi connectivity index (χ1) is 7.68. The number of hydrogen-bond donors (Lipinski definition) is 1. The van der Waals surface area contributed by atoms with Crippen molar-refractivity contribution in [2.75, 3.05) is 0 Å². The van der Waals surface area contributed by atoms with E-state index >= 15 is 0 Å². The normalized spacial score (nSPS) is 12.4. The zero-order valence-corrected chi connectivity index (χ0v) is 8.76. The number of pyridine rings is 2. The third-order valence-electron chi connectivity index (χ3n) is 2.35. The van der Waals surface area contributed by atoms with Gasteiger partial charge in [-0.1, -0.05) is 6.07 Å². The highest BCUT2D eigenvalue weighted by molar-refractivity contribution is 5.28. The zero-order chi connectivity index (χ0) is 11.5. The van der Waals surface area contributed by atoms with Crippen molar-refractivity contribution in [2.45, 2.75) is 13.0 Å². The maximum atomic E-state index is 13.4. The first kappa shape index (κ1) is 10.7. The number of aryl methyl sites for hydroxylation is 1. The van der Waals surface area contributed by atoms with Gasteiger partial charge in [-0.05, 0) is 19.1 Å². The molecule has 0 spiro atoms. The van der Waals surface area contributed by atoms with Crippen molar-refractivity contribution >= 4 is 0 Å². The van der Waals surface area contributed by atoms with Gasteiger partial charge in [-0.25, -0.2) is 4.39 Å². The Hall–Kier alpha value is -1.81. The van der Waals surface area contributed by atoms with E-state index in [1.54, 1.807) is 18.3 Å². The summed E-state index contributed by atoms with van der Waals surface area (Å²) < 4.78 is 13.4. The van der Waals surface area contributed by atoms with E-state index in [-0.39, 0.29) is 5.56 Å². The lowest BCUT2D eigenvalue weighted by Crippen LogP contribution is -2.03. The average molecular weight is 218 g/mol. The Bertz CT molecular complexity index is 485. The molecule has 16 heavy (non-hydrogen) atoms. The van der Waals surface area contributed by atoms with Crippen LogP contribution in [0.4, 0.5) is 4.39 Å². The molecule has 0 bridgehead atoms. The number of nitrogens with zero attached hydrogens (tertiary/aromatic N) is 2. The molecule has 0 fully saturated rings. The van der Waals surface area contributed by atoms with Crippen molar-refractivity contribution in [1.29, 1.82) is 0 Å². The van der Waals surface area contributed by atoms with Crippen LogP contribution >= 0.6 is 0 Å². The van der Waals surface area contributed by atoms with Crippen LogP contribution in [-0.2, 0) is 0 Å². The lowest BCUT2D eigenvalue weighted by Gasteiger charge is -2.11. The number of hydrogen-bond acceptors (Lipinski definition) is 3. The molecule has 0 aliphatic rings. The summed E-state index contributed by atoms with van der Waals surface area (Å²) in [5.74, 6) is -0.518. The highest BCUT2D eigenvalue weighted by Crippen LogP contribution is 2.22. The summed E-state index contributed by atoms with van der Waals surface area (Å²) in [6.07, 6.45) is 3.07. The molecular weight excluding hydrogens is 207 g/mol. The summed E-state index contributed by atoms with van der Waals surface area (Å²) in [5.41, 5.74) is 1.63. The molecule has 0 radical (unpaired) electrons. The van der Waals surface area contributed by atoms with Crippen molar-refractivity contribution in [3.63, 3.8) is 0 Å². The van der Waals surface area contributed by atoms with Gasteiger partial charge in [-0.15, -0.1) is 0 Å². The molecular formula is C12H11FN2O. The molecule has 3 nitrogen and oxygen atoms in total. The van der Waals surface area contributed by atoms with Crippen LogP contribution in [0.15, 0.2) is 36.8 Å². The van der Waals surface area contributed by atoms with Gasteiger partial charge in [0.05, 0.1) is 6.20 Å². The maximum absolute atomic E-state index is 13.4. The Morgan fingerprint density at radius 2 is 2.06 bits per heavy atom. The Labute approximate surface area is 92.6 Å². The van der Waals surface area contributed by atoms with Gasteiger partial charge in [0.15, 0.2) is 0 Å². The second kappa shape index (κ2) is 4.37. The number of aliphatic hydroxyl groups is 1.